The van der Waals surface area contributed by atoms with Crippen LogP contribution in [0, 0.1) is 0 Å². The van der Waals surface area contributed by atoms with Gasteiger partial charge in [0, 0.05) is 0 Å². The van der Waals surface area contributed by atoms with Crippen LogP contribution in [0.5, 0.6) is 0 Å². The molecule has 2 fully saturated rings. The van der Waals surface area contributed by atoms with E-state index in [0.717, 1.165) is 0 Å². The minimum Gasteiger partial charge on any atom is -0.394 e. The summed E-state index contributed by atoms with van der Waals surface area (Å²) in [6.07, 6.45) is -5.24. The van der Waals surface area contributed by atoms with Crippen molar-refractivity contribution in [1.29, 1.82) is 0 Å². The summed E-state index contributed by atoms with van der Waals surface area (Å²) in [5.41, 5.74) is 5.12. The zero-order valence-corrected chi connectivity index (χ0v) is 8.31. The van der Waals surface area contributed by atoms with Crippen LogP contribution >= 0.6 is 0 Å². The molecule has 0 saturated carbocycles. The van der Waals surface area contributed by atoms with Crippen molar-refractivity contribution in [3.8, 4) is 0 Å². The van der Waals surface area contributed by atoms with E-state index in [1.165, 1.54) is 0 Å². The largest absolute Gasteiger partial charge is 0.514 e. The molecule has 10 heteroatoms. The zero-order valence-electron chi connectivity index (χ0n) is 8.31. The first-order valence-corrected chi connectivity index (χ1v) is 4.52. The highest BCUT2D eigenvalue weighted by Gasteiger charge is 2.80. The van der Waals surface area contributed by atoms with Crippen molar-refractivity contribution in [2.45, 2.75) is 29.7 Å². The number of fused-ring (bicyclic) bond motifs is 1. The highest BCUT2D eigenvalue weighted by atomic mass is 16.9. The van der Waals surface area contributed by atoms with Crippen LogP contribution in [0.15, 0.2) is 0 Å². The van der Waals surface area contributed by atoms with Gasteiger partial charge >= 0.3 is 17.7 Å². The van der Waals surface area contributed by atoms with Gasteiger partial charge in [-0.25, -0.2) is 4.79 Å². The van der Waals surface area contributed by atoms with Crippen LogP contribution in [0.2, 0.25) is 0 Å². The van der Waals surface area contributed by atoms with Crippen molar-refractivity contribution in [2.75, 3.05) is 6.61 Å². The average molecular weight is 253 g/mol. The van der Waals surface area contributed by atoms with Gasteiger partial charge in [-0.3, -0.25) is 5.73 Å². The molecule has 0 spiro atoms. The zero-order chi connectivity index (χ0) is 13.1. The first-order valence-electron chi connectivity index (χ1n) is 4.52. The quantitative estimate of drug-likeness (QED) is 0.199. The van der Waals surface area contributed by atoms with Crippen molar-refractivity contribution in [3.05, 3.63) is 0 Å². The summed E-state index contributed by atoms with van der Waals surface area (Å²) >= 11 is 0. The number of carbonyl (C=O) groups excluding carboxylic acids is 1. The van der Waals surface area contributed by atoms with E-state index in [0.29, 0.717) is 0 Å². The Kier molecular flexibility index (Phi) is 2.39. The van der Waals surface area contributed by atoms with Gasteiger partial charge < -0.3 is 39.7 Å². The number of carbonyl (C=O) groups is 1. The van der Waals surface area contributed by atoms with Crippen molar-refractivity contribution in [1.82, 2.24) is 0 Å². The molecule has 0 bridgehead atoms. The SMILES string of the molecule is NC1(O)O[C@H](CO)[C@H](O)[C@]2(O)OC(=O)O[C@@]12O. The molecule has 17 heavy (non-hydrogen) atoms. The van der Waals surface area contributed by atoms with Gasteiger partial charge in [0.2, 0.25) is 0 Å². The fourth-order valence-electron chi connectivity index (χ4n) is 1.77. The highest BCUT2D eigenvalue weighted by molar-refractivity contribution is 5.64. The normalized spacial score (nSPS) is 53.9. The van der Waals surface area contributed by atoms with Gasteiger partial charge in [-0.05, 0) is 0 Å². The van der Waals surface area contributed by atoms with Crippen LogP contribution in [0.4, 0.5) is 4.79 Å². The fourth-order valence-corrected chi connectivity index (χ4v) is 1.77. The van der Waals surface area contributed by atoms with Gasteiger partial charge in [-0.1, -0.05) is 0 Å². The molecule has 98 valence electrons. The van der Waals surface area contributed by atoms with Gasteiger partial charge in [-0.15, -0.1) is 0 Å². The Balaban J connectivity index is 2.50. The molecule has 2 aliphatic rings. The number of hydrogen-bond acceptors (Lipinski definition) is 10. The lowest BCUT2D eigenvalue weighted by molar-refractivity contribution is -0.480. The highest BCUT2D eigenvalue weighted by Crippen LogP contribution is 2.46. The molecule has 7 N–H and O–H groups in total. The Bertz CT molecular complexity index is 359. The van der Waals surface area contributed by atoms with Crippen LogP contribution < -0.4 is 5.73 Å². The average Bonchev–Trinajstić information content (AvgIpc) is 2.46. The molecular formula is C7H11NO9. The topological polar surface area (TPSA) is 172 Å². The van der Waals surface area contributed by atoms with E-state index in [9.17, 15) is 25.2 Å². The summed E-state index contributed by atoms with van der Waals surface area (Å²) in [5, 5.41) is 47.7. The summed E-state index contributed by atoms with van der Waals surface area (Å²) in [6.45, 7) is -0.864. The van der Waals surface area contributed by atoms with E-state index in [-0.39, 0.29) is 0 Å². The van der Waals surface area contributed by atoms with Gasteiger partial charge in [0.05, 0.1) is 6.61 Å². The third kappa shape index (κ3) is 1.31. The Morgan fingerprint density at radius 1 is 1.29 bits per heavy atom. The molecule has 0 aromatic heterocycles. The third-order valence-electron chi connectivity index (χ3n) is 2.71. The van der Waals surface area contributed by atoms with Crippen LogP contribution in [0.3, 0.4) is 0 Å². The predicted octanol–water partition coefficient (Wildman–Crippen LogP) is -4.11. The number of rotatable bonds is 1. The molecule has 0 aromatic carbocycles. The molecule has 0 aliphatic carbocycles. The van der Waals surface area contributed by atoms with Gasteiger partial charge in [0.1, 0.15) is 6.10 Å². The van der Waals surface area contributed by atoms with Crippen LogP contribution in [-0.2, 0) is 14.2 Å². The van der Waals surface area contributed by atoms with Crippen LogP contribution in [0.1, 0.15) is 0 Å². The van der Waals surface area contributed by atoms with Crippen LogP contribution in [0.25, 0.3) is 0 Å². The van der Waals surface area contributed by atoms with Crippen molar-refractivity contribution < 1.29 is 44.5 Å². The van der Waals surface area contributed by atoms with Crippen LogP contribution in [-0.4, -0.2) is 68.0 Å². The minimum absolute atomic E-state index is 0.864. The van der Waals surface area contributed by atoms with E-state index in [2.05, 4.69) is 14.2 Å². The maximum atomic E-state index is 10.9. The molecule has 1 unspecified atom stereocenters. The summed E-state index contributed by atoms with van der Waals surface area (Å²) in [6, 6.07) is 0. The lowest BCUT2D eigenvalue weighted by Gasteiger charge is -2.49. The molecule has 5 atom stereocenters. The molecular weight excluding hydrogens is 242 g/mol. The second kappa shape index (κ2) is 3.26. The third-order valence-corrected chi connectivity index (χ3v) is 2.71. The number of aliphatic hydroxyl groups excluding tert-OH is 2. The Morgan fingerprint density at radius 2 is 1.88 bits per heavy atom. The lowest BCUT2D eigenvalue weighted by Crippen LogP contribution is -2.81. The second-order valence-electron chi connectivity index (χ2n) is 3.77. The Labute approximate surface area is 93.7 Å². The van der Waals surface area contributed by atoms with E-state index in [1.54, 1.807) is 0 Å². The second-order valence-corrected chi connectivity index (χ2v) is 3.77. The molecule has 2 rings (SSSR count). The fraction of sp³-hybridized carbons (Fsp3) is 0.857. The molecule has 10 nitrogen and oxygen atoms in total. The Morgan fingerprint density at radius 3 is 2.41 bits per heavy atom. The van der Waals surface area contributed by atoms with E-state index in [1.807, 2.05) is 0 Å². The summed E-state index contributed by atoms with van der Waals surface area (Å²) < 4.78 is 12.9. The molecule has 2 aliphatic heterocycles. The van der Waals surface area contributed by atoms with Gasteiger partial charge in [0.25, 0.3) is 5.91 Å². The molecule has 0 amide bonds. The first kappa shape index (κ1) is 12.4. The number of ether oxygens (including phenoxy) is 3. The smallest absolute Gasteiger partial charge is 0.394 e. The first-order chi connectivity index (χ1) is 7.68. The standard InChI is InChI=1S/C7H11NO9/c8-7(14)6(13)5(12,16-4(11)17-6)3(10)2(1-9)15-7/h2-3,9-10,12-14H,1,8H2/t2-,3+,5+,6-,7?/m1/s1. The number of hydrogen-bond donors (Lipinski definition) is 6. The maximum absolute atomic E-state index is 10.9. The molecule has 2 saturated heterocycles. The number of aliphatic hydroxyl groups is 5. The monoisotopic (exact) mass is 253 g/mol. The number of nitrogens with two attached hydrogens (primary N) is 1. The molecule has 2 heterocycles. The summed E-state index contributed by atoms with van der Waals surface area (Å²) in [5.74, 6) is -9.35. The summed E-state index contributed by atoms with van der Waals surface area (Å²) in [4.78, 5) is 10.9. The van der Waals surface area contributed by atoms with E-state index < -0.39 is 42.5 Å². The van der Waals surface area contributed by atoms with Gasteiger partial charge in [-0.2, -0.15) is 0 Å². The lowest BCUT2D eigenvalue weighted by atomic mass is 9.89. The molecule has 0 radical (unpaired) electrons. The van der Waals surface area contributed by atoms with Crippen molar-refractivity contribution >= 4 is 6.16 Å². The van der Waals surface area contributed by atoms with E-state index >= 15 is 0 Å². The summed E-state index contributed by atoms with van der Waals surface area (Å²) in [7, 11) is 0. The van der Waals surface area contributed by atoms with Crippen molar-refractivity contribution in [2.24, 2.45) is 5.73 Å². The van der Waals surface area contributed by atoms with Gasteiger partial charge in [0.15, 0.2) is 6.10 Å². The predicted molar refractivity (Wildman–Crippen MR) is 44.6 cm³/mol. The van der Waals surface area contributed by atoms with E-state index in [4.69, 9.17) is 10.8 Å². The Hall–Kier alpha value is -1.01. The molecule has 0 aromatic rings. The van der Waals surface area contributed by atoms with Crippen molar-refractivity contribution in [3.63, 3.8) is 0 Å². The maximum Gasteiger partial charge on any atom is 0.514 e. The minimum atomic E-state index is -3.22.